The summed E-state index contributed by atoms with van der Waals surface area (Å²) in [6.45, 7) is 20.2. The van der Waals surface area contributed by atoms with Crippen molar-refractivity contribution in [3.8, 4) is 0 Å². The topological polar surface area (TPSA) is 0 Å². The summed E-state index contributed by atoms with van der Waals surface area (Å²) in [7, 11) is 0. The third-order valence-electron chi connectivity index (χ3n) is 7.91. The molecule has 0 bridgehead atoms. The van der Waals surface area contributed by atoms with Crippen LogP contribution in [0.15, 0.2) is 59.7 Å². The minimum atomic E-state index is 0. The molecule has 0 nitrogen and oxygen atoms in total. The fraction of sp³-hybridized carbons (Fsp3) is 0.353. The Morgan fingerprint density at radius 2 is 1.14 bits per heavy atom. The molecule has 37 heavy (non-hydrogen) atoms. The van der Waals surface area contributed by atoms with E-state index in [1.54, 1.807) is 0 Å². The van der Waals surface area contributed by atoms with Gasteiger partial charge in [0.05, 0.1) is 0 Å². The largest absolute Gasteiger partial charge is 1.00 e. The van der Waals surface area contributed by atoms with E-state index in [1.165, 1.54) is 90.3 Å². The zero-order valence-corrected chi connectivity index (χ0v) is 27.6. The minimum absolute atomic E-state index is 0. The number of benzene rings is 2. The molecule has 6 rings (SSSR count). The number of allylic oxidation sites excluding steroid dienone is 8. The molecule has 1 atom stereocenters. The summed E-state index contributed by atoms with van der Waals surface area (Å²) in [5, 5.41) is 5.57. The Bertz CT molecular complexity index is 1360. The maximum absolute atomic E-state index is 3.34. The van der Waals surface area contributed by atoms with E-state index in [2.05, 4.69) is 121 Å². The monoisotopic (exact) mass is 606 g/mol. The van der Waals surface area contributed by atoms with Crippen molar-refractivity contribution in [3.63, 3.8) is 0 Å². The second kappa shape index (κ2) is 11.4. The van der Waals surface area contributed by atoms with E-state index in [-0.39, 0.29) is 35.6 Å². The van der Waals surface area contributed by atoms with Gasteiger partial charge in [0.15, 0.2) is 0 Å². The number of halogens is 2. The zero-order valence-electron chi connectivity index (χ0n) is 23.7. The van der Waals surface area contributed by atoms with E-state index in [4.69, 9.17) is 0 Å². The Morgan fingerprint density at radius 1 is 0.730 bits per heavy atom. The maximum Gasteiger partial charge on any atom is -1.00 e. The van der Waals surface area contributed by atoms with Gasteiger partial charge in [0.1, 0.15) is 0 Å². The second-order valence-corrected chi connectivity index (χ2v) is 11.6. The van der Waals surface area contributed by atoms with E-state index in [9.17, 15) is 0 Å². The molecule has 0 aromatic heterocycles. The Labute approximate surface area is 251 Å². The summed E-state index contributed by atoms with van der Waals surface area (Å²) in [5.74, 6) is 0.551. The Hall–Kier alpha value is -1.40. The van der Waals surface area contributed by atoms with Crippen LogP contribution in [0, 0.1) is 12.0 Å². The van der Waals surface area contributed by atoms with Gasteiger partial charge >= 0.3 is 28.4 Å². The normalized spacial score (nSPS) is 19.6. The molecule has 0 heterocycles. The summed E-state index contributed by atoms with van der Waals surface area (Å²) in [6.07, 6.45) is 10.3. The first-order chi connectivity index (χ1) is 16.4. The molecule has 3 heteroatoms. The van der Waals surface area contributed by atoms with Crippen LogP contribution in [0.25, 0.3) is 32.7 Å². The fourth-order valence-corrected chi connectivity index (χ4v) is 6.21. The van der Waals surface area contributed by atoms with Gasteiger partial charge in [-0.05, 0) is 36.1 Å². The van der Waals surface area contributed by atoms with Crippen LogP contribution in [0.2, 0.25) is 0 Å². The van der Waals surface area contributed by atoms with Crippen molar-refractivity contribution in [1.82, 2.24) is 0 Å². The standard InChI is InChI=1S/C25H25.C8H11.CH2.2ClH.Zr/c1-14-12-24(3,4)22-8-16-7-17-9-23-19(15(2)13-25(23,5)6)11-21(17)20(16)10-18(14)22;1-6-4-7(2)8(3)5-6;;;;/h7-13H,1-6H3;4,6H,1-3H3;1H2;2*1H;/q2*-1;;;;+2/p-2. The predicted molar refractivity (Wildman–Crippen MR) is 153 cm³/mol. The van der Waals surface area contributed by atoms with E-state index in [0.717, 1.165) is 0 Å². The van der Waals surface area contributed by atoms with Crippen LogP contribution in [-0.2, 0) is 35.1 Å². The summed E-state index contributed by atoms with van der Waals surface area (Å²) >= 11 is 1.30. The molecule has 0 saturated carbocycles. The molecule has 0 fully saturated rings. The van der Waals surface area contributed by atoms with Gasteiger partial charge in [0.25, 0.3) is 0 Å². The molecular formula is C34H38Cl2Zr-2. The van der Waals surface area contributed by atoms with E-state index in [0.29, 0.717) is 5.92 Å². The van der Waals surface area contributed by atoms with Gasteiger partial charge in [0, 0.05) is 10.8 Å². The van der Waals surface area contributed by atoms with Crippen molar-refractivity contribution in [2.24, 2.45) is 5.92 Å². The number of hydrogen-bond acceptors (Lipinski definition) is 0. The molecule has 0 N–H and O–H groups in total. The Balaban J connectivity index is 0.000000345. The van der Waals surface area contributed by atoms with Crippen molar-refractivity contribution in [2.45, 2.75) is 73.1 Å². The van der Waals surface area contributed by atoms with Crippen LogP contribution >= 0.6 is 0 Å². The Kier molecular flexibility index (Phi) is 9.78. The molecule has 3 aliphatic rings. The molecule has 3 aromatic carbocycles. The number of rotatable bonds is 0. The van der Waals surface area contributed by atoms with Gasteiger partial charge < -0.3 is 24.8 Å². The van der Waals surface area contributed by atoms with E-state index in [1.807, 2.05) is 0 Å². The molecular weight excluding hydrogens is 571 g/mol. The van der Waals surface area contributed by atoms with Crippen LogP contribution in [0.5, 0.6) is 0 Å². The van der Waals surface area contributed by atoms with Crippen molar-refractivity contribution < 1.29 is 49.0 Å². The van der Waals surface area contributed by atoms with Gasteiger partial charge in [-0.2, -0.15) is 6.08 Å². The van der Waals surface area contributed by atoms with Crippen molar-refractivity contribution in [3.05, 3.63) is 88.0 Å². The minimum Gasteiger partial charge on any atom is -1.00 e. The first-order valence-corrected chi connectivity index (χ1v) is 14.4. The van der Waals surface area contributed by atoms with Crippen molar-refractivity contribution >= 4 is 36.9 Å². The van der Waals surface area contributed by atoms with Gasteiger partial charge in [-0.3, -0.25) is 6.08 Å². The smallest absolute Gasteiger partial charge is 1.00 e. The first kappa shape index (κ1) is 31.8. The summed E-state index contributed by atoms with van der Waals surface area (Å²) in [5.41, 5.74) is 11.6. The van der Waals surface area contributed by atoms with E-state index < -0.39 is 0 Å². The Morgan fingerprint density at radius 3 is 1.43 bits per heavy atom. The van der Waals surface area contributed by atoms with E-state index >= 15 is 0 Å². The fourth-order valence-electron chi connectivity index (χ4n) is 6.21. The molecule has 0 radical (unpaired) electrons. The van der Waals surface area contributed by atoms with Crippen molar-refractivity contribution in [1.29, 1.82) is 0 Å². The molecule has 194 valence electrons. The third kappa shape index (κ3) is 5.66. The second-order valence-electron chi connectivity index (χ2n) is 11.6. The van der Waals surface area contributed by atoms with Gasteiger partial charge in [0.2, 0.25) is 0 Å². The summed E-state index contributed by atoms with van der Waals surface area (Å²) in [6, 6.07) is 12.1. The molecule has 0 amide bonds. The van der Waals surface area contributed by atoms with Gasteiger partial charge in [-0.15, -0.1) is 46.7 Å². The first-order valence-electron chi connectivity index (χ1n) is 12.6. The summed E-state index contributed by atoms with van der Waals surface area (Å²) in [4.78, 5) is 0. The quantitative estimate of drug-likeness (QED) is 0.344. The molecule has 0 saturated heterocycles. The molecule has 0 spiro atoms. The van der Waals surface area contributed by atoms with Gasteiger partial charge in [-0.1, -0.05) is 82.9 Å². The van der Waals surface area contributed by atoms with Crippen LogP contribution in [-0.4, -0.2) is 4.21 Å². The molecule has 0 aliphatic heterocycles. The third-order valence-corrected chi connectivity index (χ3v) is 7.91. The average Bonchev–Trinajstić information content (AvgIpc) is 3.42. The molecule has 3 aromatic rings. The van der Waals surface area contributed by atoms with Crippen molar-refractivity contribution in [2.75, 3.05) is 0 Å². The van der Waals surface area contributed by atoms with Gasteiger partial charge in [-0.25, -0.2) is 11.1 Å². The predicted octanol–water partition coefficient (Wildman–Crippen LogP) is 3.41. The molecule has 1 unspecified atom stereocenters. The SMILES string of the molecule is CC1=CC(C)(C)c2cc3[cH-]c4cc5c(cc4c3cc21)C(C)=CC5(C)C.CC1=[C-]C(C)C=C1C.[CH2]=[Zr+2].[Cl-].[Cl-]. The van der Waals surface area contributed by atoms with Crippen LogP contribution < -0.4 is 24.8 Å². The van der Waals surface area contributed by atoms with Crippen LogP contribution in [0.1, 0.15) is 84.6 Å². The number of fused-ring (bicyclic) bond motifs is 5. The average molecular weight is 609 g/mol. The van der Waals surface area contributed by atoms with Crippen LogP contribution in [0.3, 0.4) is 0 Å². The summed E-state index contributed by atoms with van der Waals surface area (Å²) < 4.78 is 3.34. The zero-order chi connectivity index (χ0) is 25.9. The number of hydrogen-bond donors (Lipinski definition) is 0. The maximum atomic E-state index is 3.34. The van der Waals surface area contributed by atoms with Crippen LogP contribution in [0.4, 0.5) is 0 Å². The molecule has 3 aliphatic carbocycles.